The third-order valence-electron chi connectivity index (χ3n) is 4.32. The molecule has 0 aromatic heterocycles. The van der Waals surface area contributed by atoms with Crippen LogP contribution in [0.4, 0.5) is 0 Å². The van der Waals surface area contributed by atoms with E-state index in [0.717, 1.165) is 0 Å². The van der Waals surface area contributed by atoms with Gasteiger partial charge < -0.3 is 0 Å². The van der Waals surface area contributed by atoms with Crippen molar-refractivity contribution in [1.29, 1.82) is 0 Å². The Balaban J connectivity index is 2.79. The summed E-state index contributed by atoms with van der Waals surface area (Å²) >= 11 is 0. The zero-order valence-electron chi connectivity index (χ0n) is 13.0. The van der Waals surface area contributed by atoms with Crippen LogP contribution < -0.4 is 5.46 Å². The highest BCUT2D eigenvalue weighted by molar-refractivity contribution is 6.71. The molecular formula is C18H23B. The second-order valence-electron chi connectivity index (χ2n) is 5.81. The van der Waals surface area contributed by atoms with E-state index in [1.807, 2.05) is 0 Å². The van der Waals surface area contributed by atoms with Gasteiger partial charge in [0.15, 0.2) is 6.71 Å². The molecule has 0 aliphatic rings. The summed E-state index contributed by atoms with van der Waals surface area (Å²) in [5, 5.41) is 0. The zero-order valence-corrected chi connectivity index (χ0v) is 13.0. The van der Waals surface area contributed by atoms with Crippen molar-refractivity contribution in [2.24, 2.45) is 0 Å². The first-order valence-electron chi connectivity index (χ1n) is 7.10. The first kappa shape index (κ1) is 13.9. The molecule has 98 valence electrons. The van der Waals surface area contributed by atoms with Crippen LogP contribution in [0.25, 0.3) is 11.1 Å². The highest BCUT2D eigenvalue weighted by Crippen LogP contribution is 2.30. The Hall–Kier alpha value is -1.50. The normalized spacial score (nSPS) is 10.6. The van der Waals surface area contributed by atoms with E-state index in [-0.39, 0.29) is 0 Å². The fourth-order valence-corrected chi connectivity index (χ4v) is 3.25. The molecule has 0 atom stereocenters. The molecule has 0 aliphatic heterocycles. The molecule has 0 fully saturated rings. The van der Waals surface area contributed by atoms with Gasteiger partial charge in [0.2, 0.25) is 0 Å². The van der Waals surface area contributed by atoms with Gasteiger partial charge in [-0.15, -0.1) is 0 Å². The van der Waals surface area contributed by atoms with Gasteiger partial charge >= 0.3 is 0 Å². The summed E-state index contributed by atoms with van der Waals surface area (Å²) in [6, 6.07) is 10.7. The highest BCUT2D eigenvalue weighted by Gasteiger charge is 2.18. The molecule has 0 unspecified atom stereocenters. The number of rotatable bonds is 2. The molecular weight excluding hydrogens is 227 g/mol. The smallest absolute Gasteiger partial charge is 0.0819 e. The van der Waals surface area contributed by atoms with E-state index in [1.165, 1.54) is 38.8 Å². The molecule has 1 heteroatoms. The summed E-state index contributed by atoms with van der Waals surface area (Å²) in [5.41, 5.74) is 10.0. The quantitative estimate of drug-likeness (QED) is 0.686. The summed E-state index contributed by atoms with van der Waals surface area (Å²) < 4.78 is 0. The molecule has 0 N–H and O–H groups in total. The molecule has 2 rings (SSSR count). The summed E-state index contributed by atoms with van der Waals surface area (Å²) in [7, 11) is 0. The van der Waals surface area contributed by atoms with Gasteiger partial charge in [0, 0.05) is 0 Å². The highest BCUT2D eigenvalue weighted by atomic mass is 14.2. The van der Waals surface area contributed by atoms with Crippen molar-refractivity contribution in [2.45, 2.75) is 41.3 Å². The lowest BCUT2D eigenvalue weighted by Crippen LogP contribution is -2.30. The molecule has 0 radical (unpaired) electrons. The Labute approximate surface area is 118 Å². The van der Waals surface area contributed by atoms with Gasteiger partial charge in [0.25, 0.3) is 0 Å². The van der Waals surface area contributed by atoms with Crippen LogP contribution in [-0.4, -0.2) is 6.71 Å². The van der Waals surface area contributed by atoms with Gasteiger partial charge in [-0.2, -0.15) is 0 Å². The SMILES string of the molecule is CB(C)c1c(C)c(C)c(-c2ccccc2)c(C)c1C. The van der Waals surface area contributed by atoms with E-state index < -0.39 is 0 Å². The van der Waals surface area contributed by atoms with Crippen LogP contribution in [0.5, 0.6) is 0 Å². The van der Waals surface area contributed by atoms with Gasteiger partial charge in [-0.25, -0.2) is 0 Å². The minimum absolute atomic E-state index is 0.585. The average Bonchev–Trinajstić information content (AvgIpc) is 2.38. The molecule has 19 heavy (non-hydrogen) atoms. The number of benzene rings is 2. The van der Waals surface area contributed by atoms with Crippen molar-refractivity contribution >= 4 is 12.2 Å². The standard InChI is InChI=1S/C18H23B/c1-12-14(3)18(19(5)6)15(4)13(2)17(12)16-10-8-7-9-11-16/h7-11H,1-6H3. The third-order valence-corrected chi connectivity index (χ3v) is 4.32. The van der Waals surface area contributed by atoms with Gasteiger partial charge in [-0.05, 0) is 49.9 Å². The Morgan fingerprint density at radius 1 is 0.684 bits per heavy atom. The van der Waals surface area contributed by atoms with Gasteiger partial charge in [-0.3, -0.25) is 0 Å². The van der Waals surface area contributed by atoms with Crippen molar-refractivity contribution in [3.8, 4) is 11.1 Å². The first-order valence-corrected chi connectivity index (χ1v) is 7.10. The molecule has 0 saturated heterocycles. The lowest BCUT2D eigenvalue weighted by molar-refractivity contribution is 1.27. The van der Waals surface area contributed by atoms with Crippen LogP contribution >= 0.6 is 0 Å². The van der Waals surface area contributed by atoms with Crippen LogP contribution in [0.15, 0.2) is 30.3 Å². The van der Waals surface area contributed by atoms with Crippen molar-refractivity contribution in [2.75, 3.05) is 0 Å². The Morgan fingerprint density at radius 2 is 1.16 bits per heavy atom. The molecule has 2 aromatic rings. The summed E-state index contributed by atoms with van der Waals surface area (Å²) in [4.78, 5) is 0. The minimum atomic E-state index is 0.585. The molecule has 0 saturated carbocycles. The fourth-order valence-electron chi connectivity index (χ4n) is 3.25. The largest absolute Gasteiger partial charge is 0.170 e. The first-order chi connectivity index (χ1) is 8.95. The van der Waals surface area contributed by atoms with Crippen molar-refractivity contribution < 1.29 is 0 Å². The van der Waals surface area contributed by atoms with Gasteiger partial charge in [0.05, 0.1) is 0 Å². The average molecular weight is 250 g/mol. The monoisotopic (exact) mass is 250 g/mol. The fraction of sp³-hybridized carbons (Fsp3) is 0.333. The van der Waals surface area contributed by atoms with Crippen molar-refractivity contribution in [1.82, 2.24) is 0 Å². The van der Waals surface area contributed by atoms with E-state index in [9.17, 15) is 0 Å². The van der Waals surface area contributed by atoms with E-state index >= 15 is 0 Å². The molecule has 2 aromatic carbocycles. The van der Waals surface area contributed by atoms with Crippen molar-refractivity contribution in [3.63, 3.8) is 0 Å². The van der Waals surface area contributed by atoms with E-state index in [0.29, 0.717) is 6.71 Å². The topological polar surface area (TPSA) is 0 Å². The zero-order chi connectivity index (χ0) is 14.2. The predicted molar refractivity (Wildman–Crippen MR) is 87.9 cm³/mol. The number of hydrogen-bond donors (Lipinski definition) is 0. The Morgan fingerprint density at radius 3 is 1.58 bits per heavy atom. The molecule has 0 nitrogen and oxygen atoms in total. The van der Waals surface area contributed by atoms with E-state index in [1.54, 1.807) is 0 Å². The van der Waals surface area contributed by atoms with Crippen molar-refractivity contribution in [3.05, 3.63) is 52.6 Å². The number of hydrogen-bond acceptors (Lipinski definition) is 0. The maximum absolute atomic E-state index is 2.29. The van der Waals surface area contributed by atoms with Crippen LogP contribution in [0.3, 0.4) is 0 Å². The van der Waals surface area contributed by atoms with Crippen LogP contribution in [0.2, 0.25) is 13.6 Å². The summed E-state index contributed by atoms with van der Waals surface area (Å²) in [6.07, 6.45) is 0. The molecule has 0 bridgehead atoms. The predicted octanol–water partition coefficient (Wildman–Crippen LogP) is 4.55. The van der Waals surface area contributed by atoms with E-state index in [4.69, 9.17) is 0 Å². The molecule has 0 aliphatic carbocycles. The Bertz CT molecular complexity index is 566. The van der Waals surface area contributed by atoms with Gasteiger partial charge in [-0.1, -0.05) is 60.6 Å². The summed E-state index contributed by atoms with van der Waals surface area (Å²) in [5.74, 6) is 0. The van der Waals surface area contributed by atoms with Crippen LogP contribution in [-0.2, 0) is 0 Å². The Kier molecular flexibility index (Phi) is 3.84. The van der Waals surface area contributed by atoms with Crippen LogP contribution in [0.1, 0.15) is 22.3 Å². The second-order valence-corrected chi connectivity index (χ2v) is 5.81. The lowest BCUT2D eigenvalue weighted by atomic mass is 9.46. The minimum Gasteiger partial charge on any atom is -0.0819 e. The molecule has 0 heterocycles. The van der Waals surface area contributed by atoms with Crippen LogP contribution in [0, 0.1) is 27.7 Å². The van der Waals surface area contributed by atoms with Gasteiger partial charge in [0.1, 0.15) is 0 Å². The lowest BCUT2D eigenvalue weighted by Gasteiger charge is -2.22. The summed E-state index contributed by atoms with van der Waals surface area (Å²) in [6.45, 7) is 14.2. The van der Waals surface area contributed by atoms with E-state index in [2.05, 4.69) is 71.7 Å². The molecule has 0 spiro atoms. The maximum atomic E-state index is 2.29. The third kappa shape index (κ3) is 2.34. The maximum Gasteiger partial charge on any atom is 0.170 e. The second kappa shape index (κ2) is 5.24. The molecule has 0 amide bonds.